The van der Waals surface area contributed by atoms with Gasteiger partial charge in [-0.05, 0) is 23.8 Å². The lowest BCUT2D eigenvalue weighted by Crippen LogP contribution is -2.09. The first-order valence-corrected chi connectivity index (χ1v) is 6.49. The molecule has 2 rings (SSSR count). The van der Waals surface area contributed by atoms with Crippen molar-refractivity contribution in [3.05, 3.63) is 48.3 Å². The van der Waals surface area contributed by atoms with Gasteiger partial charge in [0.1, 0.15) is 5.75 Å². The van der Waals surface area contributed by atoms with Gasteiger partial charge in [0.05, 0.1) is 7.11 Å². The molecule has 0 saturated carbocycles. The minimum Gasteiger partial charge on any atom is -0.497 e. The summed E-state index contributed by atoms with van der Waals surface area (Å²) < 4.78 is 5.14. The first kappa shape index (κ1) is 12.9. The van der Waals surface area contributed by atoms with Crippen molar-refractivity contribution < 1.29 is 4.74 Å². The Labute approximate surface area is 111 Å². The van der Waals surface area contributed by atoms with E-state index in [1.54, 1.807) is 37.3 Å². The predicted molar refractivity (Wildman–Crippen MR) is 72.7 cm³/mol. The van der Waals surface area contributed by atoms with E-state index in [2.05, 4.69) is 9.97 Å². The molecule has 0 radical (unpaired) electrons. The Morgan fingerprint density at radius 3 is 2.44 bits per heavy atom. The highest BCUT2D eigenvalue weighted by molar-refractivity contribution is 7.99. The maximum atomic E-state index is 5.82. The molecule has 4 nitrogen and oxygen atoms in total. The van der Waals surface area contributed by atoms with E-state index < -0.39 is 0 Å². The normalized spacial score (nSPS) is 12.1. The van der Waals surface area contributed by atoms with Crippen LogP contribution >= 0.6 is 11.8 Å². The van der Waals surface area contributed by atoms with Crippen LogP contribution in [-0.4, -0.2) is 23.6 Å². The number of hydrogen-bond acceptors (Lipinski definition) is 5. The molecule has 0 spiro atoms. The van der Waals surface area contributed by atoms with Gasteiger partial charge < -0.3 is 10.5 Å². The second-order valence-electron chi connectivity index (χ2n) is 3.65. The highest BCUT2D eigenvalue weighted by atomic mass is 32.2. The maximum Gasteiger partial charge on any atom is 0.188 e. The van der Waals surface area contributed by atoms with Gasteiger partial charge >= 0.3 is 0 Å². The van der Waals surface area contributed by atoms with Crippen molar-refractivity contribution in [2.24, 2.45) is 5.73 Å². The highest BCUT2D eigenvalue weighted by Crippen LogP contribution is 2.32. The van der Waals surface area contributed by atoms with Crippen LogP contribution in [0.3, 0.4) is 0 Å². The first-order chi connectivity index (χ1) is 8.83. The minimum atomic E-state index is 0.151. The summed E-state index contributed by atoms with van der Waals surface area (Å²) in [5, 5.41) is 0.891. The summed E-state index contributed by atoms with van der Waals surface area (Å²) in [5.41, 5.74) is 6.96. The fourth-order valence-electron chi connectivity index (χ4n) is 1.54. The van der Waals surface area contributed by atoms with Crippen molar-refractivity contribution >= 4 is 11.8 Å². The van der Waals surface area contributed by atoms with Gasteiger partial charge in [0.25, 0.3) is 0 Å². The van der Waals surface area contributed by atoms with E-state index in [9.17, 15) is 0 Å². The molecule has 5 heteroatoms. The van der Waals surface area contributed by atoms with Crippen molar-refractivity contribution in [2.45, 2.75) is 10.4 Å². The molecule has 2 N–H and O–H groups in total. The Morgan fingerprint density at radius 1 is 1.22 bits per heavy atom. The Morgan fingerprint density at radius 2 is 1.89 bits per heavy atom. The van der Waals surface area contributed by atoms with Crippen LogP contribution in [0.2, 0.25) is 0 Å². The second kappa shape index (κ2) is 6.37. The monoisotopic (exact) mass is 261 g/mol. The van der Waals surface area contributed by atoms with Crippen molar-refractivity contribution in [1.82, 2.24) is 9.97 Å². The molecular formula is C13H15N3OS. The summed E-state index contributed by atoms with van der Waals surface area (Å²) >= 11 is 1.57. The number of benzene rings is 1. The molecule has 1 aromatic heterocycles. The van der Waals surface area contributed by atoms with Gasteiger partial charge in [0, 0.05) is 24.2 Å². The first-order valence-electron chi connectivity index (χ1n) is 5.61. The standard InChI is InChI=1S/C13H15N3OS/c1-17-11-5-3-10(4-6-11)12(9-14)18-13-15-7-2-8-16-13/h2-8,12H,9,14H2,1H3. The zero-order chi connectivity index (χ0) is 12.8. The van der Waals surface area contributed by atoms with Gasteiger partial charge in [0.15, 0.2) is 5.16 Å². The fraction of sp³-hybridized carbons (Fsp3) is 0.231. The van der Waals surface area contributed by atoms with Gasteiger partial charge in [-0.1, -0.05) is 23.9 Å². The Balaban J connectivity index is 2.12. The van der Waals surface area contributed by atoms with Crippen LogP contribution in [-0.2, 0) is 0 Å². The zero-order valence-corrected chi connectivity index (χ0v) is 10.9. The van der Waals surface area contributed by atoms with E-state index in [0.29, 0.717) is 6.54 Å². The molecule has 1 heterocycles. The Bertz CT molecular complexity index is 475. The number of ether oxygens (including phenoxy) is 1. The zero-order valence-electron chi connectivity index (χ0n) is 10.1. The topological polar surface area (TPSA) is 61.0 Å². The van der Waals surface area contributed by atoms with Crippen LogP contribution in [0.25, 0.3) is 0 Å². The SMILES string of the molecule is COc1ccc(C(CN)Sc2ncccn2)cc1. The highest BCUT2D eigenvalue weighted by Gasteiger charge is 2.12. The molecule has 0 amide bonds. The number of thioether (sulfide) groups is 1. The molecule has 0 saturated heterocycles. The van der Waals surface area contributed by atoms with E-state index >= 15 is 0 Å². The fourth-order valence-corrected chi connectivity index (χ4v) is 2.43. The van der Waals surface area contributed by atoms with Crippen molar-refractivity contribution in [1.29, 1.82) is 0 Å². The minimum absolute atomic E-state index is 0.151. The number of aromatic nitrogens is 2. The number of nitrogens with two attached hydrogens (primary N) is 1. The molecule has 1 aromatic carbocycles. The summed E-state index contributed by atoms with van der Waals surface area (Å²) in [6.45, 7) is 0.537. The van der Waals surface area contributed by atoms with Crippen LogP contribution in [0, 0.1) is 0 Å². The van der Waals surface area contributed by atoms with Crippen LogP contribution in [0.15, 0.2) is 47.9 Å². The molecule has 18 heavy (non-hydrogen) atoms. The third kappa shape index (κ3) is 3.21. The van der Waals surface area contributed by atoms with E-state index in [0.717, 1.165) is 16.5 Å². The Kier molecular flexibility index (Phi) is 4.55. The van der Waals surface area contributed by atoms with E-state index in [-0.39, 0.29) is 5.25 Å². The molecule has 2 aromatic rings. The number of nitrogens with zero attached hydrogens (tertiary/aromatic N) is 2. The van der Waals surface area contributed by atoms with Crippen LogP contribution in [0.4, 0.5) is 0 Å². The van der Waals surface area contributed by atoms with Crippen molar-refractivity contribution in [3.8, 4) is 5.75 Å². The summed E-state index contributed by atoms with van der Waals surface area (Å²) in [4.78, 5) is 8.39. The van der Waals surface area contributed by atoms with Crippen LogP contribution in [0.1, 0.15) is 10.8 Å². The quantitative estimate of drug-likeness (QED) is 0.661. The average Bonchev–Trinajstić information content (AvgIpc) is 2.46. The summed E-state index contributed by atoms with van der Waals surface area (Å²) in [7, 11) is 1.65. The van der Waals surface area contributed by atoms with E-state index in [1.165, 1.54) is 0 Å². The van der Waals surface area contributed by atoms with Crippen LogP contribution < -0.4 is 10.5 Å². The molecular weight excluding hydrogens is 246 g/mol. The molecule has 1 atom stereocenters. The summed E-state index contributed by atoms with van der Waals surface area (Å²) in [6, 6.07) is 9.71. The molecule has 0 aliphatic carbocycles. The lowest BCUT2D eigenvalue weighted by Gasteiger charge is -2.13. The van der Waals surface area contributed by atoms with Gasteiger partial charge in [-0.3, -0.25) is 0 Å². The second-order valence-corrected chi connectivity index (χ2v) is 4.82. The Hall–Kier alpha value is -1.59. The molecule has 0 fully saturated rings. The molecule has 1 unspecified atom stereocenters. The summed E-state index contributed by atoms with van der Waals surface area (Å²) in [6.07, 6.45) is 3.47. The number of rotatable bonds is 5. The van der Waals surface area contributed by atoms with E-state index in [1.807, 2.05) is 24.3 Å². The van der Waals surface area contributed by atoms with Gasteiger partial charge in [-0.15, -0.1) is 0 Å². The number of methoxy groups -OCH3 is 1. The largest absolute Gasteiger partial charge is 0.497 e. The smallest absolute Gasteiger partial charge is 0.188 e. The molecule has 0 bridgehead atoms. The van der Waals surface area contributed by atoms with Gasteiger partial charge in [-0.2, -0.15) is 0 Å². The summed E-state index contributed by atoms with van der Waals surface area (Å²) in [5.74, 6) is 0.843. The van der Waals surface area contributed by atoms with Gasteiger partial charge in [0.2, 0.25) is 0 Å². The van der Waals surface area contributed by atoms with Gasteiger partial charge in [-0.25, -0.2) is 9.97 Å². The lowest BCUT2D eigenvalue weighted by atomic mass is 10.1. The molecule has 0 aliphatic heterocycles. The van der Waals surface area contributed by atoms with Crippen molar-refractivity contribution in [2.75, 3.05) is 13.7 Å². The van der Waals surface area contributed by atoms with Crippen LogP contribution in [0.5, 0.6) is 5.75 Å². The van der Waals surface area contributed by atoms with Crippen molar-refractivity contribution in [3.63, 3.8) is 0 Å². The maximum absolute atomic E-state index is 5.82. The third-order valence-corrected chi connectivity index (χ3v) is 3.66. The third-order valence-electron chi connectivity index (χ3n) is 2.49. The molecule has 0 aliphatic rings. The van der Waals surface area contributed by atoms with E-state index in [4.69, 9.17) is 10.5 Å². The predicted octanol–water partition coefficient (Wildman–Crippen LogP) is 2.28. The lowest BCUT2D eigenvalue weighted by molar-refractivity contribution is 0.414. The molecule has 94 valence electrons. The average molecular weight is 261 g/mol. The number of hydrogen-bond donors (Lipinski definition) is 1.